The van der Waals surface area contributed by atoms with E-state index in [1.54, 1.807) is 55.9 Å². The number of unbranched alkanes of at least 4 members (excludes halogenated alkanes) is 1. The number of amides is 1. The van der Waals surface area contributed by atoms with E-state index in [0.29, 0.717) is 35.7 Å². The Balaban J connectivity index is 2.09. The molecule has 30 heavy (non-hydrogen) atoms. The lowest BCUT2D eigenvalue weighted by atomic mass is 10.0. The molecule has 1 saturated heterocycles. The van der Waals surface area contributed by atoms with E-state index in [4.69, 9.17) is 29.1 Å². The van der Waals surface area contributed by atoms with Gasteiger partial charge in [-0.05, 0) is 57.1 Å². The van der Waals surface area contributed by atoms with Crippen LogP contribution in [0, 0.1) is 11.3 Å². The number of benzene rings is 1. The second-order valence-corrected chi connectivity index (χ2v) is 10.1. The Bertz CT molecular complexity index is 1020. The third-order valence-electron chi connectivity index (χ3n) is 4.63. The van der Waals surface area contributed by atoms with E-state index in [0.717, 1.165) is 0 Å². The second-order valence-electron chi connectivity index (χ2n) is 7.59. The van der Waals surface area contributed by atoms with Crippen molar-refractivity contribution < 1.29 is 13.2 Å². The molecule has 2 rings (SSSR count). The molecule has 1 amide bonds. The predicted molar refractivity (Wildman–Crippen MR) is 122 cm³/mol. The molecule has 0 aliphatic carbocycles. The van der Waals surface area contributed by atoms with Gasteiger partial charge >= 0.3 is 0 Å². The van der Waals surface area contributed by atoms with Gasteiger partial charge in [0.05, 0.1) is 22.0 Å². The summed E-state index contributed by atoms with van der Waals surface area (Å²) >= 11 is 11.7. The average Bonchev–Trinajstić information content (AvgIpc) is 2.82. The molecule has 0 spiro atoms. The lowest BCUT2D eigenvalue weighted by molar-refractivity contribution is -0.123. The van der Waals surface area contributed by atoms with Crippen LogP contribution in [0.2, 0.25) is 5.02 Å². The van der Waals surface area contributed by atoms with Gasteiger partial charge in [-0.1, -0.05) is 11.6 Å². The van der Waals surface area contributed by atoms with Crippen LogP contribution in [0.15, 0.2) is 22.6 Å². The first-order valence-electron chi connectivity index (χ1n) is 9.21. The number of sulfonamides is 1. The van der Waals surface area contributed by atoms with Crippen molar-refractivity contribution in [3.8, 4) is 6.07 Å². The van der Waals surface area contributed by atoms with Crippen LogP contribution in [0.3, 0.4) is 0 Å². The molecular weight excluding hydrogens is 446 g/mol. The van der Waals surface area contributed by atoms with Crippen LogP contribution >= 0.6 is 23.8 Å². The predicted octanol–water partition coefficient (Wildman–Crippen LogP) is 2.62. The average molecular weight is 470 g/mol. The van der Waals surface area contributed by atoms with Crippen LogP contribution in [0.4, 0.5) is 5.69 Å². The van der Waals surface area contributed by atoms with Gasteiger partial charge in [0.2, 0.25) is 0 Å². The summed E-state index contributed by atoms with van der Waals surface area (Å²) in [5, 5.41) is 9.60. The minimum absolute atomic E-state index is 0.0821. The van der Waals surface area contributed by atoms with E-state index in [-0.39, 0.29) is 16.7 Å². The summed E-state index contributed by atoms with van der Waals surface area (Å²) in [5.74, 6) is -0.294. The normalized spacial score (nSPS) is 16.4. The largest absolute Gasteiger partial charge is 0.368 e. The molecule has 11 heteroatoms. The first kappa shape index (κ1) is 24.1. The highest BCUT2D eigenvalue weighted by Crippen LogP contribution is 2.34. The molecule has 0 saturated carbocycles. The monoisotopic (exact) mass is 469 g/mol. The molecule has 0 bridgehead atoms. The number of anilines is 1. The summed E-state index contributed by atoms with van der Waals surface area (Å²) in [6.07, 6.45) is 2.17. The van der Waals surface area contributed by atoms with Crippen LogP contribution in [0.25, 0.3) is 0 Å². The highest BCUT2D eigenvalue weighted by Gasteiger charge is 2.49. The summed E-state index contributed by atoms with van der Waals surface area (Å²) in [6, 6.07) is 6.70. The molecule has 8 nitrogen and oxygen atoms in total. The number of halogens is 1. The Morgan fingerprint density at radius 3 is 2.57 bits per heavy atom. The summed E-state index contributed by atoms with van der Waals surface area (Å²) in [7, 11) is -0.145. The molecule has 1 aromatic rings. The molecule has 0 unspecified atom stereocenters. The van der Waals surface area contributed by atoms with Gasteiger partial charge in [-0.15, -0.1) is 0 Å². The van der Waals surface area contributed by atoms with Crippen molar-refractivity contribution in [1.82, 2.24) is 9.80 Å². The summed E-state index contributed by atoms with van der Waals surface area (Å²) < 4.78 is 27.5. The fourth-order valence-electron chi connectivity index (χ4n) is 2.95. The standard InChI is InChI=1S/C19H24ClN5O3S2/c1-19(2)17(26)25(15-8-7-14(12-21)16(20)11-15)18(29)24(19)9-5-6-10-30(27,28)22-13-23(3)4/h7-8,11,13H,5-6,9-10H2,1-4H3. The molecule has 1 aliphatic heterocycles. The van der Waals surface area contributed by atoms with Gasteiger partial charge in [0, 0.05) is 20.6 Å². The highest BCUT2D eigenvalue weighted by atomic mass is 35.5. The van der Waals surface area contributed by atoms with Gasteiger partial charge < -0.3 is 9.80 Å². The molecule has 162 valence electrons. The third kappa shape index (κ3) is 5.28. The molecule has 1 aliphatic rings. The first-order valence-corrected chi connectivity index (χ1v) is 11.6. The Kier molecular flexibility index (Phi) is 7.45. The zero-order valence-corrected chi connectivity index (χ0v) is 19.7. The Labute approximate surface area is 187 Å². The quantitative estimate of drug-likeness (QED) is 0.250. The van der Waals surface area contributed by atoms with Crippen molar-refractivity contribution in [2.24, 2.45) is 4.40 Å². The van der Waals surface area contributed by atoms with Crippen molar-refractivity contribution in [2.45, 2.75) is 32.2 Å². The maximum Gasteiger partial charge on any atom is 0.258 e. The van der Waals surface area contributed by atoms with Crippen molar-refractivity contribution >= 4 is 56.9 Å². The molecule has 0 atom stereocenters. The number of nitriles is 1. The molecular formula is C19H24ClN5O3S2. The Hall–Kier alpha value is -2.22. The Morgan fingerprint density at radius 2 is 2.00 bits per heavy atom. The summed E-state index contributed by atoms with van der Waals surface area (Å²) in [4.78, 5) is 17.8. The van der Waals surface area contributed by atoms with Crippen molar-refractivity contribution in [2.75, 3.05) is 31.3 Å². The number of hydrogen-bond acceptors (Lipinski definition) is 5. The van der Waals surface area contributed by atoms with Crippen LogP contribution in [-0.2, 0) is 14.8 Å². The number of thiocarbonyl (C=S) groups is 1. The van der Waals surface area contributed by atoms with E-state index >= 15 is 0 Å². The maximum absolute atomic E-state index is 13.0. The first-order chi connectivity index (χ1) is 13.9. The number of nitrogens with zero attached hydrogens (tertiary/aromatic N) is 5. The van der Waals surface area contributed by atoms with Crippen LogP contribution < -0.4 is 4.90 Å². The topological polar surface area (TPSA) is 97.1 Å². The van der Waals surface area contributed by atoms with E-state index in [2.05, 4.69) is 4.40 Å². The SMILES string of the molecule is CN(C)C=NS(=O)(=O)CCCCN1C(=S)N(c2ccc(C#N)c(Cl)c2)C(=O)C1(C)C. The van der Waals surface area contributed by atoms with Gasteiger partial charge in [0.25, 0.3) is 15.9 Å². The van der Waals surface area contributed by atoms with Crippen molar-refractivity contribution in [3.05, 3.63) is 28.8 Å². The van der Waals surface area contributed by atoms with Crippen LogP contribution in [0.1, 0.15) is 32.3 Å². The zero-order valence-electron chi connectivity index (χ0n) is 17.3. The summed E-state index contributed by atoms with van der Waals surface area (Å²) in [5.41, 5.74) is -0.0863. The minimum Gasteiger partial charge on any atom is -0.368 e. The highest BCUT2D eigenvalue weighted by molar-refractivity contribution is 7.90. The number of hydrogen-bond donors (Lipinski definition) is 0. The van der Waals surface area contributed by atoms with Gasteiger partial charge in [0.15, 0.2) is 5.11 Å². The molecule has 0 aromatic heterocycles. The molecule has 1 heterocycles. The lowest BCUT2D eigenvalue weighted by Gasteiger charge is -2.29. The van der Waals surface area contributed by atoms with Gasteiger partial charge in [0.1, 0.15) is 17.9 Å². The number of rotatable bonds is 8. The minimum atomic E-state index is -3.53. The third-order valence-corrected chi connectivity index (χ3v) is 6.56. The fraction of sp³-hybridized carbons (Fsp3) is 0.474. The van der Waals surface area contributed by atoms with E-state index < -0.39 is 15.6 Å². The number of carbonyl (C=O) groups excluding carboxylic acids is 1. The molecule has 0 N–H and O–H groups in total. The zero-order chi connectivity index (χ0) is 22.7. The molecule has 0 radical (unpaired) electrons. The van der Waals surface area contributed by atoms with Crippen LogP contribution in [0.5, 0.6) is 0 Å². The fourth-order valence-corrected chi connectivity index (χ4v) is 4.68. The Morgan fingerprint density at radius 1 is 1.33 bits per heavy atom. The smallest absolute Gasteiger partial charge is 0.258 e. The van der Waals surface area contributed by atoms with E-state index in [1.165, 1.54) is 11.2 Å². The van der Waals surface area contributed by atoms with Gasteiger partial charge in [-0.2, -0.15) is 9.66 Å². The lowest BCUT2D eigenvalue weighted by Crippen LogP contribution is -2.44. The number of carbonyl (C=O) groups is 1. The van der Waals surface area contributed by atoms with Crippen molar-refractivity contribution in [1.29, 1.82) is 5.26 Å². The molecule has 1 fully saturated rings. The maximum atomic E-state index is 13.0. The summed E-state index contributed by atoms with van der Waals surface area (Å²) in [6.45, 7) is 3.96. The van der Waals surface area contributed by atoms with E-state index in [1.807, 2.05) is 6.07 Å². The van der Waals surface area contributed by atoms with Gasteiger partial charge in [-0.25, -0.2) is 8.42 Å². The molecule has 1 aromatic carbocycles. The van der Waals surface area contributed by atoms with E-state index in [9.17, 15) is 13.2 Å². The second kappa shape index (κ2) is 9.29. The van der Waals surface area contributed by atoms with Crippen molar-refractivity contribution in [3.63, 3.8) is 0 Å². The van der Waals surface area contributed by atoms with Crippen LogP contribution in [-0.4, -0.2) is 67.5 Å². The van der Waals surface area contributed by atoms with Gasteiger partial charge in [-0.3, -0.25) is 9.69 Å².